The van der Waals surface area contributed by atoms with Crippen LogP contribution in [0.3, 0.4) is 0 Å². The molecule has 1 atom stereocenters. The highest BCUT2D eigenvalue weighted by molar-refractivity contribution is 6.32. The zero-order valence-corrected chi connectivity index (χ0v) is 11.8. The minimum Gasteiger partial charge on any atom is -0.353 e. The molecule has 1 fully saturated rings. The van der Waals surface area contributed by atoms with Gasteiger partial charge in [0, 0.05) is 23.5 Å². The van der Waals surface area contributed by atoms with Crippen molar-refractivity contribution in [3.8, 4) is 0 Å². The molecule has 1 heterocycles. The van der Waals surface area contributed by atoms with Gasteiger partial charge in [-0.15, -0.1) is 11.6 Å². The molecule has 19 heavy (non-hydrogen) atoms. The molecule has 0 radical (unpaired) electrons. The van der Waals surface area contributed by atoms with Crippen molar-refractivity contribution in [3.05, 3.63) is 34.1 Å². The summed E-state index contributed by atoms with van der Waals surface area (Å²) in [7, 11) is 0. The van der Waals surface area contributed by atoms with E-state index in [1.165, 1.54) is 12.1 Å². The maximum absolute atomic E-state index is 13.4. The van der Waals surface area contributed by atoms with Crippen molar-refractivity contribution in [1.29, 1.82) is 0 Å². The van der Waals surface area contributed by atoms with Gasteiger partial charge in [-0.3, -0.25) is 4.79 Å². The van der Waals surface area contributed by atoms with Crippen molar-refractivity contribution in [2.45, 2.75) is 24.8 Å². The Morgan fingerprint density at radius 2 is 2.21 bits per heavy atom. The van der Waals surface area contributed by atoms with Crippen molar-refractivity contribution in [1.82, 2.24) is 10.6 Å². The van der Waals surface area contributed by atoms with Crippen molar-refractivity contribution in [2.75, 3.05) is 13.1 Å². The van der Waals surface area contributed by atoms with Crippen LogP contribution in [0.25, 0.3) is 0 Å². The lowest BCUT2D eigenvalue weighted by molar-refractivity contribution is -0.121. The molecule has 6 heteroatoms. The molecule has 1 aromatic carbocycles. The van der Waals surface area contributed by atoms with Gasteiger partial charge in [0.2, 0.25) is 5.91 Å². The van der Waals surface area contributed by atoms with Crippen LogP contribution >= 0.6 is 23.2 Å². The van der Waals surface area contributed by atoms with Gasteiger partial charge >= 0.3 is 0 Å². The molecule has 0 unspecified atom stereocenters. The second-order valence-corrected chi connectivity index (χ2v) is 5.25. The van der Waals surface area contributed by atoms with Gasteiger partial charge in [0.25, 0.3) is 0 Å². The van der Waals surface area contributed by atoms with Crippen LogP contribution < -0.4 is 10.6 Å². The number of benzene rings is 1. The average molecular weight is 305 g/mol. The second kappa shape index (κ2) is 6.55. The molecule has 0 spiro atoms. The summed E-state index contributed by atoms with van der Waals surface area (Å²) >= 11 is 11.8. The summed E-state index contributed by atoms with van der Waals surface area (Å²) in [6.07, 6.45) is 1.47. The van der Waals surface area contributed by atoms with Crippen molar-refractivity contribution in [2.24, 2.45) is 0 Å². The van der Waals surface area contributed by atoms with Crippen LogP contribution in [0.1, 0.15) is 17.5 Å². The first-order valence-corrected chi connectivity index (χ1v) is 7.04. The third-order valence-corrected chi connectivity index (χ3v) is 3.85. The van der Waals surface area contributed by atoms with Crippen molar-refractivity contribution >= 4 is 29.1 Å². The Bertz CT molecular complexity index is 472. The Morgan fingerprint density at radius 1 is 1.42 bits per heavy atom. The summed E-state index contributed by atoms with van der Waals surface area (Å²) in [5.41, 5.74) is 1.61. The molecule has 0 bridgehead atoms. The lowest BCUT2D eigenvalue weighted by Crippen LogP contribution is -2.51. The Labute approximate surface area is 121 Å². The van der Waals surface area contributed by atoms with Crippen LogP contribution in [-0.4, -0.2) is 25.0 Å². The molecule has 2 N–H and O–H groups in total. The molecule has 1 aliphatic rings. The first kappa shape index (κ1) is 14.6. The Hall–Kier alpha value is -0.840. The summed E-state index contributed by atoms with van der Waals surface area (Å²) in [6.45, 7) is 0.926. The first-order chi connectivity index (χ1) is 9.10. The van der Waals surface area contributed by atoms with Gasteiger partial charge in [0.05, 0.1) is 6.54 Å². The molecule has 0 saturated carbocycles. The maximum atomic E-state index is 13.4. The molecule has 2 rings (SSSR count). The van der Waals surface area contributed by atoms with Crippen LogP contribution in [0, 0.1) is 5.82 Å². The Morgan fingerprint density at radius 3 is 2.84 bits per heavy atom. The highest BCUT2D eigenvalue weighted by Gasteiger charge is 2.18. The van der Waals surface area contributed by atoms with Gasteiger partial charge in [-0.25, -0.2) is 4.39 Å². The Balaban J connectivity index is 2.01. The van der Waals surface area contributed by atoms with E-state index < -0.39 is 0 Å². The molecule has 1 saturated heterocycles. The number of alkyl halides is 1. The fourth-order valence-corrected chi connectivity index (χ4v) is 2.85. The monoisotopic (exact) mass is 304 g/mol. The first-order valence-electron chi connectivity index (χ1n) is 6.13. The summed E-state index contributed by atoms with van der Waals surface area (Å²) in [4.78, 5) is 11.0. The normalized spacial score (nSPS) is 19.3. The van der Waals surface area contributed by atoms with Crippen LogP contribution in [-0.2, 0) is 17.1 Å². The van der Waals surface area contributed by atoms with Crippen LogP contribution in [0.2, 0.25) is 5.02 Å². The minimum absolute atomic E-state index is 0.00602. The standard InChI is InChI=1S/C13H15Cl2FN2O/c14-5-11-8(3-9(16)4-12(11)15)1-2-10-6-18-13(19)7-17-10/h3-4,10,17H,1-2,5-7H2,(H,18,19)/t10-/m0/s1. The van der Waals surface area contributed by atoms with E-state index in [2.05, 4.69) is 10.6 Å². The maximum Gasteiger partial charge on any atom is 0.234 e. The van der Waals surface area contributed by atoms with E-state index in [4.69, 9.17) is 23.2 Å². The lowest BCUT2D eigenvalue weighted by atomic mass is 10.00. The number of hydrogen-bond acceptors (Lipinski definition) is 2. The number of rotatable bonds is 4. The van der Waals surface area contributed by atoms with Crippen LogP contribution in [0.5, 0.6) is 0 Å². The van der Waals surface area contributed by atoms with Gasteiger partial charge in [0.15, 0.2) is 0 Å². The van der Waals surface area contributed by atoms with Crippen LogP contribution in [0.4, 0.5) is 4.39 Å². The van der Waals surface area contributed by atoms with Gasteiger partial charge in [-0.1, -0.05) is 11.6 Å². The molecule has 104 valence electrons. The largest absolute Gasteiger partial charge is 0.353 e. The highest BCUT2D eigenvalue weighted by atomic mass is 35.5. The number of carbonyl (C=O) groups excluding carboxylic acids is 1. The molecule has 1 aromatic rings. The van der Waals surface area contributed by atoms with E-state index in [9.17, 15) is 9.18 Å². The van der Waals surface area contributed by atoms with E-state index in [-0.39, 0.29) is 23.6 Å². The summed E-state index contributed by atoms with van der Waals surface area (Å²) in [6, 6.07) is 2.95. The minimum atomic E-state index is -0.348. The van der Waals surface area contributed by atoms with E-state index in [0.717, 1.165) is 17.5 Å². The SMILES string of the molecule is O=C1CN[C@@H](CCc2cc(F)cc(Cl)c2CCl)CN1. The summed E-state index contributed by atoms with van der Waals surface area (Å²) in [5.74, 6) is -0.0752. The van der Waals surface area contributed by atoms with E-state index in [0.29, 0.717) is 24.5 Å². The Kier molecular flexibility index (Phi) is 5.02. The van der Waals surface area contributed by atoms with E-state index >= 15 is 0 Å². The molecule has 1 aliphatic heterocycles. The van der Waals surface area contributed by atoms with Gasteiger partial charge in [-0.05, 0) is 36.1 Å². The fourth-order valence-electron chi connectivity index (χ4n) is 2.17. The smallest absolute Gasteiger partial charge is 0.234 e. The third-order valence-electron chi connectivity index (χ3n) is 3.25. The van der Waals surface area contributed by atoms with E-state index in [1.807, 2.05) is 0 Å². The number of aryl methyl sites for hydroxylation is 1. The quantitative estimate of drug-likeness (QED) is 0.838. The van der Waals surface area contributed by atoms with Gasteiger partial charge in [-0.2, -0.15) is 0 Å². The zero-order valence-electron chi connectivity index (χ0n) is 10.3. The highest BCUT2D eigenvalue weighted by Crippen LogP contribution is 2.25. The molecule has 0 aromatic heterocycles. The summed E-state index contributed by atoms with van der Waals surface area (Å²) < 4.78 is 13.4. The number of nitrogens with one attached hydrogen (secondary N) is 2. The molecular weight excluding hydrogens is 290 g/mol. The molecule has 3 nitrogen and oxygen atoms in total. The molecule has 1 amide bonds. The molecular formula is C13H15Cl2FN2O. The topological polar surface area (TPSA) is 41.1 Å². The summed E-state index contributed by atoms with van der Waals surface area (Å²) in [5, 5.41) is 6.30. The van der Waals surface area contributed by atoms with Gasteiger partial charge < -0.3 is 10.6 Å². The second-order valence-electron chi connectivity index (χ2n) is 4.58. The lowest BCUT2D eigenvalue weighted by Gasteiger charge is -2.24. The van der Waals surface area contributed by atoms with Crippen LogP contribution in [0.15, 0.2) is 12.1 Å². The molecule has 0 aliphatic carbocycles. The van der Waals surface area contributed by atoms with Crippen molar-refractivity contribution < 1.29 is 9.18 Å². The zero-order chi connectivity index (χ0) is 13.8. The fraction of sp³-hybridized carbons (Fsp3) is 0.462. The number of piperazine rings is 1. The van der Waals surface area contributed by atoms with E-state index in [1.54, 1.807) is 0 Å². The third kappa shape index (κ3) is 3.81. The van der Waals surface area contributed by atoms with Gasteiger partial charge in [0.1, 0.15) is 5.82 Å². The number of carbonyl (C=O) groups is 1. The average Bonchev–Trinajstić information content (AvgIpc) is 2.37. The predicted octanol–water partition coefficient (Wildman–Crippen LogP) is 2.24. The number of halogens is 3. The number of amides is 1. The number of hydrogen-bond donors (Lipinski definition) is 2. The van der Waals surface area contributed by atoms with Crippen molar-refractivity contribution in [3.63, 3.8) is 0 Å². The predicted molar refractivity (Wildman–Crippen MR) is 74.1 cm³/mol.